The third-order valence-electron chi connectivity index (χ3n) is 4.76. The van der Waals surface area contributed by atoms with Crippen LogP contribution in [0.2, 0.25) is 0 Å². The number of rotatable bonds is 5. The maximum absolute atomic E-state index is 12.4. The van der Waals surface area contributed by atoms with Gasteiger partial charge in [-0.25, -0.2) is 0 Å². The molecule has 2 amide bonds. The summed E-state index contributed by atoms with van der Waals surface area (Å²) in [7, 11) is 1.60. The molecule has 27 heavy (non-hydrogen) atoms. The Balaban J connectivity index is 1.60. The van der Waals surface area contributed by atoms with Crippen LogP contribution < -0.4 is 15.4 Å². The van der Waals surface area contributed by atoms with Crippen molar-refractivity contribution in [2.45, 2.75) is 38.1 Å². The molecular formula is C21H23IN2O3. The fourth-order valence-electron chi connectivity index (χ4n) is 3.23. The van der Waals surface area contributed by atoms with Gasteiger partial charge in [0.25, 0.3) is 11.8 Å². The number of amides is 2. The smallest absolute Gasteiger partial charge is 0.255 e. The van der Waals surface area contributed by atoms with Gasteiger partial charge in [-0.2, -0.15) is 0 Å². The van der Waals surface area contributed by atoms with Gasteiger partial charge in [-0.15, -0.1) is 0 Å². The lowest BCUT2D eigenvalue weighted by atomic mass is 9.95. The molecule has 0 radical (unpaired) electrons. The maximum atomic E-state index is 12.4. The Morgan fingerprint density at radius 3 is 2.26 bits per heavy atom. The molecule has 3 rings (SSSR count). The molecule has 2 aromatic carbocycles. The molecule has 142 valence electrons. The van der Waals surface area contributed by atoms with Crippen LogP contribution in [-0.4, -0.2) is 25.0 Å². The van der Waals surface area contributed by atoms with Gasteiger partial charge in [-0.05, 0) is 77.9 Å². The van der Waals surface area contributed by atoms with Crippen LogP contribution in [0, 0.1) is 3.57 Å². The Hall–Kier alpha value is -2.09. The van der Waals surface area contributed by atoms with Gasteiger partial charge in [-0.1, -0.05) is 19.3 Å². The minimum atomic E-state index is -0.199. The number of benzene rings is 2. The summed E-state index contributed by atoms with van der Waals surface area (Å²) in [5.74, 6) is 0.486. The van der Waals surface area contributed by atoms with Crippen molar-refractivity contribution in [3.63, 3.8) is 0 Å². The van der Waals surface area contributed by atoms with Crippen LogP contribution in [-0.2, 0) is 0 Å². The normalized spacial score (nSPS) is 14.4. The predicted octanol–water partition coefficient (Wildman–Crippen LogP) is 4.61. The SMILES string of the molecule is COc1ccc(C(=O)Nc2ccc(C(=O)NC3CCCCC3)cc2)cc1I. The topological polar surface area (TPSA) is 67.4 Å². The van der Waals surface area contributed by atoms with Crippen LogP contribution >= 0.6 is 22.6 Å². The van der Waals surface area contributed by atoms with Gasteiger partial charge in [-0.3, -0.25) is 9.59 Å². The van der Waals surface area contributed by atoms with Crippen molar-refractivity contribution in [3.05, 3.63) is 57.2 Å². The van der Waals surface area contributed by atoms with Crippen LogP contribution in [0.15, 0.2) is 42.5 Å². The lowest BCUT2D eigenvalue weighted by Gasteiger charge is -2.22. The number of methoxy groups -OCH3 is 1. The average Bonchev–Trinajstić information content (AvgIpc) is 2.69. The van der Waals surface area contributed by atoms with Crippen molar-refractivity contribution in [1.29, 1.82) is 0 Å². The van der Waals surface area contributed by atoms with E-state index < -0.39 is 0 Å². The van der Waals surface area contributed by atoms with Crippen molar-refractivity contribution >= 4 is 40.1 Å². The lowest BCUT2D eigenvalue weighted by molar-refractivity contribution is 0.0927. The van der Waals surface area contributed by atoms with Gasteiger partial charge >= 0.3 is 0 Å². The fraction of sp³-hybridized carbons (Fsp3) is 0.333. The Morgan fingerprint density at radius 1 is 0.963 bits per heavy atom. The lowest BCUT2D eigenvalue weighted by Crippen LogP contribution is -2.36. The van der Waals surface area contributed by atoms with Gasteiger partial charge in [0.15, 0.2) is 0 Å². The molecule has 2 aromatic rings. The molecule has 1 aliphatic rings. The molecule has 0 unspecified atom stereocenters. The van der Waals surface area contributed by atoms with Crippen molar-refractivity contribution < 1.29 is 14.3 Å². The van der Waals surface area contributed by atoms with E-state index in [1.807, 2.05) is 0 Å². The van der Waals surface area contributed by atoms with E-state index >= 15 is 0 Å². The average molecular weight is 478 g/mol. The quantitative estimate of drug-likeness (QED) is 0.617. The second-order valence-electron chi connectivity index (χ2n) is 6.69. The summed E-state index contributed by atoms with van der Waals surface area (Å²) in [6.45, 7) is 0. The van der Waals surface area contributed by atoms with Crippen LogP contribution in [0.4, 0.5) is 5.69 Å². The number of nitrogens with one attached hydrogen (secondary N) is 2. The molecule has 2 N–H and O–H groups in total. The molecule has 0 aromatic heterocycles. The first kappa shape index (κ1) is 19.7. The highest BCUT2D eigenvalue weighted by atomic mass is 127. The first-order chi connectivity index (χ1) is 13.1. The molecule has 0 atom stereocenters. The highest BCUT2D eigenvalue weighted by Crippen LogP contribution is 2.22. The second-order valence-corrected chi connectivity index (χ2v) is 7.85. The van der Waals surface area contributed by atoms with Gasteiger partial charge in [0.05, 0.1) is 10.7 Å². The van der Waals surface area contributed by atoms with Crippen LogP contribution in [0.25, 0.3) is 0 Å². The Labute approximate surface area is 173 Å². The van der Waals surface area contributed by atoms with E-state index in [-0.39, 0.29) is 17.9 Å². The number of carbonyl (C=O) groups excluding carboxylic acids is 2. The molecule has 5 nitrogen and oxygen atoms in total. The van der Waals surface area contributed by atoms with Gasteiger partial charge in [0.2, 0.25) is 0 Å². The standard InChI is InChI=1S/C21H23IN2O3/c1-27-19-12-9-15(13-18(19)22)21(26)24-17-10-7-14(8-11-17)20(25)23-16-5-3-2-4-6-16/h7-13,16H,2-6H2,1H3,(H,23,25)(H,24,26). The minimum Gasteiger partial charge on any atom is -0.496 e. The summed E-state index contributed by atoms with van der Waals surface area (Å²) in [4.78, 5) is 24.8. The number of halogens is 1. The summed E-state index contributed by atoms with van der Waals surface area (Å²) in [5, 5.41) is 5.95. The monoisotopic (exact) mass is 478 g/mol. The van der Waals surface area contributed by atoms with Crippen LogP contribution in [0.3, 0.4) is 0 Å². The minimum absolute atomic E-state index is 0.0514. The fourth-order valence-corrected chi connectivity index (χ4v) is 3.97. The first-order valence-corrected chi connectivity index (χ1v) is 10.2. The summed E-state index contributed by atoms with van der Waals surface area (Å²) in [5.41, 5.74) is 1.82. The number of hydrogen-bond acceptors (Lipinski definition) is 3. The molecule has 0 spiro atoms. The van der Waals surface area contributed by atoms with E-state index in [0.717, 1.165) is 22.2 Å². The van der Waals surface area contributed by atoms with E-state index in [1.165, 1.54) is 19.3 Å². The van der Waals surface area contributed by atoms with Crippen molar-refractivity contribution in [1.82, 2.24) is 5.32 Å². The number of anilines is 1. The molecule has 1 saturated carbocycles. The third kappa shape index (κ3) is 5.22. The maximum Gasteiger partial charge on any atom is 0.255 e. The van der Waals surface area contributed by atoms with E-state index in [4.69, 9.17) is 4.74 Å². The van der Waals surface area contributed by atoms with E-state index in [9.17, 15) is 9.59 Å². The third-order valence-corrected chi connectivity index (χ3v) is 5.60. The summed E-state index contributed by atoms with van der Waals surface area (Å²) in [6.07, 6.45) is 5.73. The summed E-state index contributed by atoms with van der Waals surface area (Å²) < 4.78 is 6.08. The Kier molecular flexibility index (Phi) is 6.71. The van der Waals surface area contributed by atoms with Gasteiger partial charge < -0.3 is 15.4 Å². The predicted molar refractivity (Wildman–Crippen MR) is 114 cm³/mol. The van der Waals surface area contributed by atoms with Crippen LogP contribution in [0.1, 0.15) is 52.8 Å². The van der Waals surface area contributed by atoms with Gasteiger partial charge in [0, 0.05) is 22.9 Å². The molecule has 1 fully saturated rings. The van der Waals surface area contributed by atoms with Crippen molar-refractivity contribution in [2.24, 2.45) is 0 Å². The zero-order chi connectivity index (χ0) is 19.2. The first-order valence-electron chi connectivity index (χ1n) is 9.12. The van der Waals surface area contributed by atoms with E-state index in [0.29, 0.717) is 16.8 Å². The molecule has 0 bridgehead atoms. The van der Waals surface area contributed by atoms with Crippen molar-refractivity contribution in [2.75, 3.05) is 12.4 Å². The molecule has 0 saturated heterocycles. The number of ether oxygens (including phenoxy) is 1. The highest BCUT2D eigenvalue weighted by Gasteiger charge is 2.16. The molecule has 6 heteroatoms. The summed E-state index contributed by atoms with van der Waals surface area (Å²) in [6, 6.07) is 12.5. The van der Waals surface area contributed by atoms with E-state index in [1.54, 1.807) is 49.6 Å². The van der Waals surface area contributed by atoms with Crippen LogP contribution in [0.5, 0.6) is 5.75 Å². The Morgan fingerprint density at radius 2 is 1.63 bits per heavy atom. The zero-order valence-electron chi connectivity index (χ0n) is 15.3. The molecule has 0 aliphatic heterocycles. The summed E-state index contributed by atoms with van der Waals surface area (Å²) >= 11 is 2.13. The number of carbonyl (C=O) groups is 2. The van der Waals surface area contributed by atoms with Gasteiger partial charge in [0.1, 0.15) is 5.75 Å². The zero-order valence-corrected chi connectivity index (χ0v) is 17.4. The van der Waals surface area contributed by atoms with Crippen molar-refractivity contribution in [3.8, 4) is 5.75 Å². The highest BCUT2D eigenvalue weighted by molar-refractivity contribution is 14.1. The molecular weight excluding hydrogens is 455 g/mol. The molecule has 1 aliphatic carbocycles. The Bertz CT molecular complexity index is 815. The molecule has 0 heterocycles. The number of hydrogen-bond donors (Lipinski definition) is 2. The largest absolute Gasteiger partial charge is 0.496 e. The second kappa shape index (κ2) is 9.21. The van der Waals surface area contributed by atoms with E-state index in [2.05, 4.69) is 33.2 Å².